The predicted molar refractivity (Wildman–Crippen MR) is 100 cm³/mol. The zero-order chi connectivity index (χ0) is 15.2. The van der Waals surface area contributed by atoms with Crippen molar-refractivity contribution in [3.05, 3.63) is 49.0 Å². The predicted octanol–water partition coefficient (Wildman–Crippen LogP) is 5.73. The molecule has 0 unspecified atom stereocenters. The number of nitrogens with zero attached hydrogens (tertiary/aromatic N) is 1. The summed E-state index contributed by atoms with van der Waals surface area (Å²) in [5.74, 6) is 0. The summed E-state index contributed by atoms with van der Waals surface area (Å²) >= 11 is 8.84. The Morgan fingerprint density at radius 1 is 1.14 bits per heavy atom. The number of thiophene rings is 1. The fraction of sp³-hybridized carbons (Fsp3) is 0.375. The molecule has 0 atom stereocenters. The minimum atomic E-state index is 0.851. The molecule has 2 rings (SSSR count). The molecule has 2 nitrogen and oxygen atoms in total. The zero-order valence-electron chi connectivity index (χ0n) is 12.3. The number of hydrogen-bond donors (Lipinski definition) is 1. The van der Waals surface area contributed by atoms with Crippen LogP contribution < -0.4 is 5.32 Å². The van der Waals surface area contributed by atoms with E-state index in [1.165, 1.54) is 16.1 Å². The third kappa shape index (κ3) is 4.81. The van der Waals surface area contributed by atoms with Gasteiger partial charge in [-0.15, -0.1) is 11.3 Å². The van der Waals surface area contributed by atoms with Gasteiger partial charge in [0.15, 0.2) is 0 Å². The molecule has 0 fully saturated rings. The standard InChI is InChI=1S/C16H20Br2N2S/c1-3-20(4-2)11-12-7-5-6-8-15(12)19-10-13-9-14(17)16(18)21-13/h5-9,19H,3-4,10-11H2,1-2H3. The number of nitrogens with one attached hydrogen (secondary N) is 1. The summed E-state index contributed by atoms with van der Waals surface area (Å²) in [6.45, 7) is 8.42. The van der Waals surface area contributed by atoms with E-state index in [0.717, 1.165) is 34.4 Å². The smallest absolute Gasteiger partial charge is 0.0843 e. The van der Waals surface area contributed by atoms with Crippen LogP contribution in [-0.2, 0) is 13.1 Å². The van der Waals surface area contributed by atoms with Crippen molar-refractivity contribution in [2.24, 2.45) is 0 Å². The van der Waals surface area contributed by atoms with Crippen LogP contribution in [0.15, 0.2) is 38.6 Å². The summed E-state index contributed by atoms with van der Waals surface area (Å²) in [6, 6.07) is 10.7. The van der Waals surface area contributed by atoms with Crippen LogP contribution in [0.2, 0.25) is 0 Å². The molecule has 1 aromatic heterocycles. The second-order valence-electron chi connectivity index (χ2n) is 4.81. The van der Waals surface area contributed by atoms with Crippen molar-refractivity contribution in [2.75, 3.05) is 18.4 Å². The maximum atomic E-state index is 3.57. The van der Waals surface area contributed by atoms with Gasteiger partial charge < -0.3 is 5.32 Å². The molecule has 0 aliphatic rings. The van der Waals surface area contributed by atoms with E-state index in [2.05, 4.69) is 86.3 Å². The van der Waals surface area contributed by atoms with Crippen LogP contribution in [0.3, 0.4) is 0 Å². The quantitative estimate of drug-likeness (QED) is 0.602. The summed E-state index contributed by atoms with van der Waals surface area (Å²) in [7, 11) is 0. The minimum absolute atomic E-state index is 0.851. The van der Waals surface area contributed by atoms with E-state index >= 15 is 0 Å². The molecule has 0 aliphatic carbocycles. The highest BCUT2D eigenvalue weighted by Gasteiger charge is 2.08. The van der Waals surface area contributed by atoms with Gasteiger partial charge in [0, 0.05) is 28.1 Å². The number of para-hydroxylation sites is 1. The van der Waals surface area contributed by atoms with Gasteiger partial charge in [0.1, 0.15) is 0 Å². The van der Waals surface area contributed by atoms with E-state index in [1.807, 2.05) is 0 Å². The molecule has 0 radical (unpaired) electrons. The maximum Gasteiger partial charge on any atom is 0.0843 e. The number of anilines is 1. The average Bonchev–Trinajstić information content (AvgIpc) is 2.82. The van der Waals surface area contributed by atoms with E-state index in [4.69, 9.17) is 0 Å². The molecule has 1 heterocycles. The molecule has 21 heavy (non-hydrogen) atoms. The molecule has 0 spiro atoms. The van der Waals surface area contributed by atoms with Crippen LogP contribution in [0.4, 0.5) is 5.69 Å². The van der Waals surface area contributed by atoms with E-state index < -0.39 is 0 Å². The second kappa shape index (κ2) is 8.32. The van der Waals surface area contributed by atoms with Gasteiger partial charge in [-0.1, -0.05) is 32.0 Å². The first-order chi connectivity index (χ1) is 10.1. The Labute approximate surface area is 147 Å². The number of benzene rings is 1. The zero-order valence-corrected chi connectivity index (χ0v) is 16.3. The normalized spacial score (nSPS) is 11.1. The SMILES string of the molecule is CCN(CC)Cc1ccccc1NCc1cc(Br)c(Br)s1. The molecule has 5 heteroatoms. The summed E-state index contributed by atoms with van der Waals surface area (Å²) in [5.41, 5.74) is 2.58. The van der Waals surface area contributed by atoms with Crippen LogP contribution in [0.25, 0.3) is 0 Å². The van der Waals surface area contributed by atoms with Gasteiger partial charge in [-0.2, -0.15) is 0 Å². The summed E-state index contributed by atoms with van der Waals surface area (Å²) in [6.07, 6.45) is 0. The van der Waals surface area contributed by atoms with E-state index in [1.54, 1.807) is 11.3 Å². The highest BCUT2D eigenvalue weighted by molar-refractivity contribution is 9.13. The average molecular weight is 432 g/mol. The summed E-state index contributed by atoms with van der Waals surface area (Å²) in [4.78, 5) is 3.74. The molecular formula is C16H20Br2N2S. The molecule has 1 N–H and O–H groups in total. The molecule has 114 valence electrons. The van der Waals surface area contributed by atoms with Crippen molar-refractivity contribution in [2.45, 2.75) is 26.9 Å². The van der Waals surface area contributed by atoms with E-state index in [-0.39, 0.29) is 0 Å². The molecule has 0 aliphatic heterocycles. The van der Waals surface area contributed by atoms with Gasteiger partial charge in [0.05, 0.1) is 3.79 Å². The lowest BCUT2D eigenvalue weighted by Crippen LogP contribution is -2.22. The Hall–Kier alpha value is -0.360. The van der Waals surface area contributed by atoms with Crippen molar-refractivity contribution >= 4 is 48.9 Å². The third-order valence-corrected chi connectivity index (χ3v) is 6.71. The fourth-order valence-electron chi connectivity index (χ4n) is 2.18. The van der Waals surface area contributed by atoms with E-state index in [0.29, 0.717) is 0 Å². The molecule has 0 saturated carbocycles. The summed E-state index contributed by atoms with van der Waals surface area (Å²) < 4.78 is 2.27. The monoisotopic (exact) mass is 430 g/mol. The molecular weight excluding hydrogens is 412 g/mol. The molecule has 1 aromatic carbocycles. The lowest BCUT2D eigenvalue weighted by atomic mass is 10.1. The highest BCUT2D eigenvalue weighted by atomic mass is 79.9. The Bertz CT molecular complexity index is 560. The van der Waals surface area contributed by atoms with E-state index in [9.17, 15) is 0 Å². The second-order valence-corrected chi connectivity index (χ2v) is 8.12. The fourth-order valence-corrected chi connectivity index (χ4v) is 4.30. The third-order valence-electron chi connectivity index (χ3n) is 3.45. The Morgan fingerprint density at radius 2 is 1.86 bits per heavy atom. The largest absolute Gasteiger partial charge is 0.380 e. The van der Waals surface area contributed by atoms with Gasteiger partial charge in [-0.25, -0.2) is 0 Å². The number of rotatable bonds is 7. The molecule has 2 aromatic rings. The molecule has 0 bridgehead atoms. The van der Waals surface area contributed by atoms with Crippen LogP contribution in [0.1, 0.15) is 24.3 Å². The van der Waals surface area contributed by atoms with Crippen molar-refractivity contribution in [3.8, 4) is 0 Å². The first kappa shape index (κ1) is 17.0. The Balaban J connectivity index is 2.05. The minimum Gasteiger partial charge on any atom is -0.380 e. The molecule has 0 amide bonds. The summed E-state index contributed by atoms with van der Waals surface area (Å²) in [5, 5.41) is 3.57. The first-order valence-electron chi connectivity index (χ1n) is 7.11. The van der Waals surface area contributed by atoms with Gasteiger partial charge in [0.2, 0.25) is 0 Å². The van der Waals surface area contributed by atoms with Gasteiger partial charge in [-0.3, -0.25) is 4.90 Å². The number of hydrogen-bond acceptors (Lipinski definition) is 3. The maximum absolute atomic E-state index is 3.57. The van der Waals surface area contributed by atoms with Crippen LogP contribution in [0, 0.1) is 0 Å². The topological polar surface area (TPSA) is 15.3 Å². The molecule has 0 saturated heterocycles. The van der Waals surface area contributed by atoms with Crippen molar-refractivity contribution in [1.29, 1.82) is 0 Å². The Kier molecular flexibility index (Phi) is 6.74. The first-order valence-corrected chi connectivity index (χ1v) is 9.52. The number of halogens is 2. The van der Waals surface area contributed by atoms with Crippen LogP contribution in [-0.4, -0.2) is 18.0 Å². The lowest BCUT2D eigenvalue weighted by Gasteiger charge is -2.20. The van der Waals surface area contributed by atoms with Gasteiger partial charge >= 0.3 is 0 Å². The van der Waals surface area contributed by atoms with Crippen LogP contribution >= 0.6 is 43.2 Å². The van der Waals surface area contributed by atoms with Crippen molar-refractivity contribution < 1.29 is 0 Å². The Morgan fingerprint density at radius 3 is 2.48 bits per heavy atom. The lowest BCUT2D eigenvalue weighted by molar-refractivity contribution is 0.296. The van der Waals surface area contributed by atoms with Crippen molar-refractivity contribution in [1.82, 2.24) is 4.90 Å². The van der Waals surface area contributed by atoms with Crippen molar-refractivity contribution in [3.63, 3.8) is 0 Å². The van der Waals surface area contributed by atoms with Gasteiger partial charge in [0.25, 0.3) is 0 Å². The van der Waals surface area contributed by atoms with Gasteiger partial charge in [-0.05, 0) is 62.6 Å². The highest BCUT2D eigenvalue weighted by Crippen LogP contribution is 2.32. The van der Waals surface area contributed by atoms with Crippen LogP contribution in [0.5, 0.6) is 0 Å².